The molecule has 2 aromatic rings. The number of aryl methyl sites for hydroxylation is 1. The molecule has 3 nitrogen and oxygen atoms in total. The van der Waals surface area contributed by atoms with Crippen molar-refractivity contribution in [2.45, 2.75) is 44.6 Å². The van der Waals surface area contributed by atoms with Gasteiger partial charge in [-0.05, 0) is 24.5 Å². The van der Waals surface area contributed by atoms with Crippen LogP contribution in [0.5, 0.6) is 0 Å². The van der Waals surface area contributed by atoms with Gasteiger partial charge in [-0.1, -0.05) is 44.2 Å². The molecular weight excluding hydrogens is 248 g/mol. The molecule has 0 fully saturated rings. The Morgan fingerprint density at radius 3 is 2.30 bits per heavy atom. The SMILES string of the molecule is CCC(CC)(c1ccccc1)C(O)Cc1ccn(C)n1. The Labute approximate surface area is 121 Å². The molecule has 0 aliphatic heterocycles. The average Bonchev–Trinajstić information content (AvgIpc) is 2.87. The summed E-state index contributed by atoms with van der Waals surface area (Å²) in [6.45, 7) is 4.30. The van der Waals surface area contributed by atoms with Crippen LogP contribution in [0.1, 0.15) is 37.9 Å². The first-order valence-electron chi connectivity index (χ1n) is 7.34. The summed E-state index contributed by atoms with van der Waals surface area (Å²) in [5.41, 5.74) is 1.97. The average molecular weight is 272 g/mol. The van der Waals surface area contributed by atoms with Gasteiger partial charge in [-0.3, -0.25) is 4.68 Å². The van der Waals surface area contributed by atoms with Crippen molar-refractivity contribution in [3.63, 3.8) is 0 Å². The maximum absolute atomic E-state index is 10.8. The van der Waals surface area contributed by atoms with E-state index in [9.17, 15) is 5.11 Å². The first kappa shape index (κ1) is 14.8. The van der Waals surface area contributed by atoms with E-state index in [1.54, 1.807) is 4.68 Å². The summed E-state index contributed by atoms with van der Waals surface area (Å²) in [7, 11) is 1.90. The van der Waals surface area contributed by atoms with E-state index in [-0.39, 0.29) is 5.41 Å². The minimum absolute atomic E-state index is 0.196. The Morgan fingerprint density at radius 1 is 1.15 bits per heavy atom. The van der Waals surface area contributed by atoms with Crippen molar-refractivity contribution < 1.29 is 5.11 Å². The molecule has 0 aliphatic carbocycles. The molecule has 20 heavy (non-hydrogen) atoms. The molecule has 0 spiro atoms. The van der Waals surface area contributed by atoms with Crippen LogP contribution in [0.3, 0.4) is 0 Å². The second-order valence-electron chi connectivity index (χ2n) is 5.43. The number of nitrogens with zero attached hydrogens (tertiary/aromatic N) is 2. The first-order valence-corrected chi connectivity index (χ1v) is 7.34. The molecule has 0 bridgehead atoms. The normalized spacial score (nSPS) is 13.4. The van der Waals surface area contributed by atoms with Crippen LogP contribution in [0.4, 0.5) is 0 Å². The summed E-state index contributed by atoms with van der Waals surface area (Å²) in [5.74, 6) is 0. The quantitative estimate of drug-likeness (QED) is 0.877. The summed E-state index contributed by atoms with van der Waals surface area (Å²) >= 11 is 0. The summed E-state index contributed by atoms with van der Waals surface area (Å²) < 4.78 is 1.78. The van der Waals surface area contributed by atoms with Gasteiger partial charge < -0.3 is 5.11 Å². The second-order valence-corrected chi connectivity index (χ2v) is 5.43. The summed E-state index contributed by atoms with van der Waals surface area (Å²) in [6, 6.07) is 12.3. The third kappa shape index (κ3) is 2.78. The standard InChI is InChI=1S/C17H24N2O/c1-4-17(5-2,14-9-7-6-8-10-14)16(20)13-15-11-12-19(3)18-15/h6-12,16,20H,4-5,13H2,1-3H3. The van der Waals surface area contributed by atoms with E-state index in [0.717, 1.165) is 18.5 Å². The number of rotatable bonds is 6. The van der Waals surface area contributed by atoms with Crippen molar-refractivity contribution in [1.82, 2.24) is 9.78 Å². The molecule has 3 heteroatoms. The fourth-order valence-electron chi connectivity index (χ4n) is 3.06. The van der Waals surface area contributed by atoms with Crippen LogP contribution < -0.4 is 0 Å². The number of benzene rings is 1. The molecule has 2 rings (SSSR count). The third-order valence-corrected chi connectivity index (χ3v) is 4.42. The van der Waals surface area contributed by atoms with Gasteiger partial charge in [0.15, 0.2) is 0 Å². The molecule has 1 atom stereocenters. The van der Waals surface area contributed by atoms with Crippen molar-refractivity contribution in [1.29, 1.82) is 0 Å². The summed E-state index contributed by atoms with van der Waals surface area (Å²) in [4.78, 5) is 0. The molecule has 1 heterocycles. The highest BCUT2D eigenvalue weighted by Gasteiger charge is 2.36. The minimum atomic E-state index is -0.421. The lowest BCUT2D eigenvalue weighted by atomic mass is 9.70. The molecule has 108 valence electrons. The number of aromatic nitrogens is 2. The molecule has 0 amide bonds. The molecule has 1 aromatic carbocycles. The molecule has 0 aliphatic rings. The molecule has 1 unspecified atom stereocenters. The van der Waals surface area contributed by atoms with Gasteiger partial charge in [0.25, 0.3) is 0 Å². The number of hydrogen-bond donors (Lipinski definition) is 1. The van der Waals surface area contributed by atoms with Gasteiger partial charge in [0, 0.05) is 25.1 Å². The lowest BCUT2D eigenvalue weighted by Crippen LogP contribution is -2.40. The van der Waals surface area contributed by atoms with Gasteiger partial charge in [-0.2, -0.15) is 5.10 Å². The zero-order valence-electron chi connectivity index (χ0n) is 12.6. The van der Waals surface area contributed by atoms with E-state index < -0.39 is 6.10 Å². The van der Waals surface area contributed by atoms with Crippen LogP contribution in [0.15, 0.2) is 42.6 Å². The predicted octanol–water partition coefficient (Wildman–Crippen LogP) is 3.08. The lowest BCUT2D eigenvalue weighted by Gasteiger charge is -2.37. The Morgan fingerprint density at radius 2 is 1.80 bits per heavy atom. The van der Waals surface area contributed by atoms with Gasteiger partial charge in [-0.15, -0.1) is 0 Å². The Hall–Kier alpha value is -1.61. The minimum Gasteiger partial charge on any atom is -0.392 e. The predicted molar refractivity (Wildman–Crippen MR) is 81.6 cm³/mol. The topological polar surface area (TPSA) is 38.0 Å². The van der Waals surface area contributed by atoms with Crippen molar-refractivity contribution in [2.24, 2.45) is 7.05 Å². The van der Waals surface area contributed by atoms with Crippen molar-refractivity contribution in [3.8, 4) is 0 Å². The molecular formula is C17H24N2O. The Kier molecular flexibility index (Phi) is 4.61. The monoisotopic (exact) mass is 272 g/mol. The van der Waals surface area contributed by atoms with E-state index in [0.29, 0.717) is 6.42 Å². The van der Waals surface area contributed by atoms with Gasteiger partial charge in [-0.25, -0.2) is 0 Å². The Balaban J connectivity index is 2.28. The largest absolute Gasteiger partial charge is 0.392 e. The molecule has 0 saturated carbocycles. The van der Waals surface area contributed by atoms with Crippen LogP contribution in [0.2, 0.25) is 0 Å². The van der Waals surface area contributed by atoms with Crippen LogP contribution in [0, 0.1) is 0 Å². The lowest BCUT2D eigenvalue weighted by molar-refractivity contribution is 0.0724. The van der Waals surface area contributed by atoms with Crippen LogP contribution in [-0.2, 0) is 18.9 Å². The van der Waals surface area contributed by atoms with Crippen molar-refractivity contribution in [2.75, 3.05) is 0 Å². The number of hydrogen-bond acceptors (Lipinski definition) is 2. The van der Waals surface area contributed by atoms with E-state index in [1.807, 2.05) is 37.5 Å². The van der Waals surface area contributed by atoms with E-state index in [2.05, 4.69) is 31.1 Å². The molecule has 0 saturated heterocycles. The molecule has 1 aromatic heterocycles. The van der Waals surface area contributed by atoms with Gasteiger partial charge in [0.1, 0.15) is 0 Å². The smallest absolute Gasteiger partial charge is 0.0692 e. The van der Waals surface area contributed by atoms with E-state index in [1.165, 1.54) is 5.56 Å². The number of aliphatic hydroxyl groups is 1. The first-order chi connectivity index (χ1) is 9.62. The fourth-order valence-corrected chi connectivity index (χ4v) is 3.06. The highest BCUT2D eigenvalue weighted by molar-refractivity contribution is 5.27. The zero-order valence-corrected chi connectivity index (χ0v) is 12.6. The van der Waals surface area contributed by atoms with Crippen molar-refractivity contribution >= 4 is 0 Å². The Bertz CT molecular complexity index is 529. The van der Waals surface area contributed by atoms with Gasteiger partial charge >= 0.3 is 0 Å². The maximum atomic E-state index is 10.8. The number of aliphatic hydroxyl groups excluding tert-OH is 1. The summed E-state index contributed by atoms with van der Waals surface area (Å²) in [5, 5.41) is 15.2. The van der Waals surface area contributed by atoms with Crippen LogP contribution in [0.25, 0.3) is 0 Å². The van der Waals surface area contributed by atoms with Crippen molar-refractivity contribution in [3.05, 3.63) is 53.9 Å². The highest BCUT2D eigenvalue weighted by Crippen LogP contribution is 2.36. The summed E-state index contributed by atoms with van der Waals surface area (Å²) in [6.07, 6.45) is 3.93. The molecule has 0 radical (unpaired) electrons. The maximum Gasteiger partial charge on any atom is 0.0692 e. The zero-order chi connectivity index (χ0) is 14.6. The fraction of sp³-hybridized carbons (Fsp3) is 0.471. The van der Waals surface area contributed by atoms with Crippen LogP contribution >= 0.6 is 0 Å². The van der Waals surface area contributed by atoms with Gasteiger partial charge in [0.2, 0.25) is 0 Å². The molecule has 1 N–H and O–H groups in total. The third-order valence-electron chi connectivity index (χ3n) is 4.42. The van der Waals surface area contributed by atoms with Gasteiger partial charge in [0.05, 0.1) is 11.8 Å². The highest BCUT2D eigenvalue weighted by atomic mass is 16.3. The van der Waals surface area contributed by atoms with E-state index in [4.69, 9.17) is 0 Å². The second kappa shape index (κ2) is 6.23. The van der Waals surface area contributed by atoms with E-state index >= 15 is 0 Å². The van der Waals surface area contributed by atoms with Crippen LogP contribution in [-0.4, -0.2) is 21.0 Å².